The van der Waals surface area contributed by atoms with E-state index in [4.69, 9.17) is 16.3 Å². The number of anilines is 1. The summed E-state index contributed by atoms with van der Waals surface area (Å²) in [5.41, 5.74) is 4.29. The van der Waals surface area contributed by atoms with Gasteiger partial charge in [0.1, 0.15) is 0 Å². The van der Waals surface area contributed by atoms with Crippen molar-refractivity contribution >= 4 is 35.2 Å². The van der Waals surface area contributed by atoms with Crippen LogP contribution in [0.3, 0.4) is 0 Å². The molecule has 3 amide bonds. The number of halogens is 1. The fraction of sp³-hybridized carbons (Fsp3) is 0.161. The molecule has 40 heavy (non-hydrogen) atoms. The number of ether oxygens (including phenoxy) is 1. The van der Waals surface area contributed by atoms with E-state index in [-0.39, 0.29) is 24.9 Å². The Labute approximate surface area is 236 Å². The fourth-order valence-corrected chi connectivity index (χ4v) is 4.75. The quantitative estimate of drug-likeness (QED) is 0.292. The number of carbonyl (C=O) groups excluding carboxylic acids is 3. The van der Waals surface area contributed by atoms with Gasteiger partial charge in [-0.3, -0.25) is 19.5 Å². The van der Waals surface area contributed by atoms with Crippen molar-refractivity contribution in [2.24, 2.45) is 0 Å². The number of nitrogens with one attached hydrogen (secondary N) is 2. The number of pyridine rings is 1. The summed E-state index contributed by atoms with van der Waals surface area (Å²) in [5.74, 6) is -0.640. The van der Waals surface area contributed by atoms with Gasteiger partial charge in [0.25, 0.3) is 5.91 Å². The second-order valence-corrected chi connectivity index (χ2v) is 9.96. The van der Waals surface area contributed by atoms with Gasteiger partial charge in [-0.1, -0.05) is 53.6 Å². The number of aromatic nitrogens is 1. The second-order valence-electron chi connectivity index (χ2n) is 9.53. The first-order chi connectivity index (χ1) is 19.4. The van der Waals surface area contributed by atoms with Gasteiger partial charge in [-0.15, -0.1) is 0 Å². The molecule has 1 aliphatic rings. The predicted molar refractivity (Wildman–Crippen MR) is 152 cm³/mol. The van der Waals surface area contributed by atoms with E-state index in [1.807, 2.05) is 25.1 Å². The molecule has 0 saturated carbocycles. The summed E-state index contributed by atoms with van der Waals surface area (Å²) in [5, 5.41) is 6.34. The summed E-state index contributed by atoms with van der Waals surface area (Å²) < 4.78 is 5.78. The van der Waals surface area contributed by atoms with Crippen LogP contribution < -0.4 is 10.6 Å². The lowest BCUT2D eigenvalue weighted by molar-refractivity contribution is -0.126. The van der Waals surface area contributed by atoms with Crippen molar-refractivity contribution < 1.29 is 19.1 Å². The van der Waals surface area contributed by atoms with Crippen LogP contribution in [-0.2, 0) is 22.6 Å². The number of carbonyl (C=O) groups is 3. The summed E-state index contributed by atoms with van der Waals surface area (Å²) in [6, 6.07) is 24.0. The number of rotatable bonds is 8. The molecule has 0 spiro atoms. The van der Waals surface area contributed by atoms with E-state index in [1.165, 1.54) is 4.90 Å². The smallest absolute Gasteiger partial charge is 0.411 e. The molecule has 4 aromatic rings. The highest BCUT2D eigenvalue weighted by Gasteiger charge is 2.47. The van der Waals surface area contributed by atoms with Gasteiger partial charge in [0.05, 0.1) is 6.54 Å². The monoisotopic (exact) mass is 554 g/mol. The van der Waals surface area contributed by atoms with E-state index >= 15 is 0 Å². The maximum absolute atomic E-state index is 13.6. The molecule has 5 rings (SSSR count). The number of amides is 3. The minimum Gasteiger partial charge on any atom is -0.438 e. The van der Waals surface area contributed by atoms with E-state index in [0.29, 0.717) is 21.8 Å². The summed E-state index contributed by atoms with van der Waals surface area (Å²) in [6.45, 7) is 2.34. The highest BCUT2D eigenvalue weighted by atomic mass is 35.5. The van der Waals surface area contributed by atoms with Crippen molar-refractivity contribution in [1.82, 2.24) is 15.2 Å². The molecule has 1 aliphatic heterocycles. The summed E-state index contributed by atoms with van der Waals surface area (Å²) in [6.07, 6.45) is 1.77. The molecule has 2 heterocycles. The average Bonchev–Trinajstić information content (AvgIpc) is 3.28. The van der Waals surface area contributed by atoms with Crippen molar-refractivity contribution in [1.29, 1.82) is 0 Å². The van der Waals surface area contributed by atoms with E-state index in [1.54, 1.807) is 79.1 Å². The molecule has 9 heteroatoms. The minimum absolute atomic E-state index is 0.132. The first kappa shape index (κ1) is 26.9. The SMILES string of the molecule is Cc1ccc(C(=O)Nc2cccc(C3OC(=O)N(Cc4cccc(Cl)c4)C3C(=O)NCc3ccncc3)c2)cc1. The van der Waals surface area contributed by atoms with Gasteiger partial charge in [-0.25, -0.2) is 4.79 Å². The van der Waals surface area contributed by atoms with Crippen LogP contribution in [0.1, 0.15) is 38.7 Å². The zero-order valence-corrected chi connectivity index (χ0v) is 22.5. The molecule has 1 saturated heterocycles. The molecule has 3 aromatic carbocycles. The minimum atomic E-state index is -0.962. The lowest BCUT2D eigenvalue weighted by Crippen LogP contribution is -2.46. The van der Waals surface area contributed by atoms with Crippen LogP contribution in [0.4, 0.5) is 10.5 Å². The number of cyclic esters (lactones) is 1. The second kappa shape index (κ2) is 12.0. The Morgan fingerprint density at radius 1 is 0.950 bits per heavy atom. The van der Waals surface area contributed by atoms with Crippen molar-refractivity contribution in [3.63, 3.8) is 0 Å². The van der Waals surface area contributed by atoms with Gasteiger partial charge >= 0.3 is 6.09 Å². The fourth-order valence-electron chi connectivity index (χ4n) is 4.54. The van der Waals surface area contributed by atoms with Crippen LogP contribution >= 0.6 is 11.6 Å². The van der Waals surface area contributed by atoms with Crippen LogP contribution in [0, 0.1) is 6.92 Å². The van der Waals surface area contributed by atoms with Crippen LogP contribution in [-0.4, -0.2) is 33.8 Å². The molecule has 0 bridgehead atoms. The Bertz CT molecular complexity index is 1530. The zero-order valence-electron chi connectivity index (χ0n) is 21.7. The molecular weight excluding hydrogens is 528 g/mol. The third-order valence-electron chi connectivity index (χ3n) is 6.60. The van der Waals surface area contributed by atoms with Crippen LogP contribution in [0.2, 0.25) is 5.02 Å². The molecule has 0 radical (unpaired) electrons. The van der Waals surface area contributed by atoms with Crippen molar-refractivity contribution in [2.75, 3.05) is 5.32 Å². The van der Waals surface area contributed by atoms with Gasteiger partial charge in [-0.2, -0.15) is 0 Å². The lowest BCUT2D eigenvalue weighted by Gasteiger charge is -2.24. The molecule has 1 aromatic heterocycles. The molecule has 1 fully saturated rings. The predicted octanol–water partition coefficient (Wildman–Crippen LogP) is 5.67. The van der Waals surface area contributed by atoms with Crippen LogP contribution in [0.5, 0.6) is 0 Å². The first-order valence-corrected chi connectivity index (χ1v) is 13.1. The summed E-state index contributed by atoms with van der Waals surface area (Å²) >= 11 is 6.17. The van der Waals surface area contributed by atoms with E-state index in [2.05, 4.69) is 15.6 Å². The van der Waals surface area contributed by atoms with E-state index < -0.39 is 18.2 Å². The average molecular weight is 555 g/mol. The standard InChI is InChI=1S/C31H27ClN4O4/c1-20-8-10-23(11-9-20)29(37)35-26-7-3-5-24(17-26)28-27(30(38)34-18-21-12-14-33-15-13-21)36(31(39)40-28)19-22-4-2-6-25(32)16-22/h2-17,27-28H,18-19H2,1H3,(H,34,38)(H,35,37). The third-order valence-corrected chi connectivity index (χ3v) is 6.83. The lowest BCUT2D eigenvalue weighted by atomic mass is 10.00. The Hall–Kier alpha value is -4.69. The highest BCUT2D eigenvalue weighted by Crippen LogP contribution is 2.35. The van der Waals surface area contributed by atoms with Crippen molar-refractivity contribution in [2.45, 2.75) is 32.2 Å². The normalized spacial score (nSPS) is 16.4. The van der Waals surface area contributed by atoms with Gasteiger partial charge in [0.2, 0.25) is 5.91 Å². The third kappa shape index (κ3) is 6.30. The first-order valence-electron chi connectivity index (χ1n) is 12.7. The van der Waals surface area contributed by atoms with E-state index in [0.717, 1.165) is 16.7 Å². The molecule has 2 N–H and O–H groups in total. The number of aryl methyl sites for hydroxylation is 1. The van der Waals surface area contributed by atoms with Gasteiger partial charge < -0.3 is 15.4 Å². The largest absolute Gasteiger partial charge is 0.438 e. The highest BCUT2D eigenvalue weighted by molar-refractivity contribution is 6.30. The van der Waals surface area contributed by atoms with Gasteiger partial charge in [0, 0.05) is 35.2 Å². The maximum atomic E-state index is 13.6. The number of benzene rings is 3. The topological polar surface area (TPSA) is 101 Å². The summed E-state index contributed by atoms with van der Waals surface area (Å²) in [4.78, 5) is 44.9. The molecular formula is C31H27ClN4O4. The zero-order chi connectivity index (χ0) is 28.1. The maximum Gasteiger partial charge on any atom is 0.411 e. The Kier molecular flexibility index (Phi) is 8.07. The van der Waals surface area contributed by atoms with Gasteiger partial charge in [-0.05, 0) is 72.1 Å². The molecule has 2 atom stereocenters. The van der Waals surface area contributed by atoms with Crippen molar-refractivity contribution in [3.8, 4) is 0 Å². The summed E-state index contributed by atoms with van der Waals surface area (Å²) in [7, 11) is 0. The van der Waals surface area contributed by atoms with Crippen molar-refractivity contribution in [3.05, 3.63) is 130 Å². The number of nitrogens with zero attached hydrogens (tertiary/aromatic N) is 2. The Morgan fingerprint density at radius 2 is 1.70 bits per heavy atom. The molecule has 2 unspecified atom stereocenters. The molecule has 202 valence electrons. The molecule has 8 nitrogen and oxygen atoms in total. The molecule has 0 aliphatic carbocycles. The Morgan fingerprint density at radius 3 is 2.45 bits per heavy atom. The van der Waals surface area contributed by atoms with E-state index in [9.17, 15) is 14.4 Å². The van der Waals surface area contributed by atoms with Crippen LogP contribution in [0.15, 0.2) is 97.3 Å². The van der Waals surface area contributed by atoms with Crippen LogP contribution in [0.25, 0.3) is 0 Å². The number of hydrogen-bond acceptors (Lipinski definition) is 5. The Balaban J connectivity index is 1.40. The van der Waals surface area contributed by atoms with Gasteiger partial charge in [0.15, 0.2) is 12.1 Å². The number of hydrogen-bond donors (Lipinski definition) is 2.